The Morgan fingerprint density at radius 1 is 1.39 bits per heavy atom. The average Bonchev–Trinajstić information content (AvgIpc) is 2.53. The van der Waals surface area contributed by atoms with E-state index in [0.717, 1.165) is 44.3 Å². The molecule has 2 atom stereocenters. The standard InChI is InChI=1S/C19H33N3O/c1-16-7-5-11-22(15-16)19(14-20)17-8-4-9-18(13-17)23-12-6-10-21(2)3/h4,8-9,13,16,19H,5-7,10-12,14-15,20H2,1-3H3. The lowest BCUT2D eigenvalue weighted by atomic mass is 9.96. The van der Waals surface area contributed by atoms with Gasteiger partial charge in [-0.1, -0.05) is 19.1 Å². The molecular weight excluding hydrogens is 286 g/mol. The summed E-state index contributed by atoms with van der Waals surface area (Å²) in [4.78, 5) is 4.72. The van der Waals surface area contributed by atoms with Crippen LogP contribution in [0.15, 0.2) is 24.3 Å². The van der Waals surface area contributed by atoms with Crippen LogP contribution in [0.1, 0.15) is 37.8 Å². The summed E-state index contributed by atoms with van der Waals surface area (Å²) in [6, 6.07) is 8.80. The first-order chi connectivity index (χ1) is 11.1. The first kappa shape index (κ1) is 18.2. The fourth-order valence-electron chi connectivity index (χ4n) is 3.39. The van der Waals surface area contributed by atoms with Crippen molar-refractivity contribution in [1.82, 2.24) is 9.80 Å². The van der Waals surface area contributed by atoms with Crippen LogP contribution >= 0.6 is 0 Å². The van der Waals surface area contributed by atoms with Crippen LogP contribution in [0.2, 0.25) is 0 Å². The van der Waals surface area contributed by atoms with Crippen molar-refractivity contribution in [2.24, 2.45) is 11.7 Å². The maximum Gasteiger partial charge on any atom is 0.119 e. The van der Waals surface area contributed by atoms with Crippen LogP contribution < -0.4 is 10.5 Å². The molecular formula is C19H33N3O. The SMILES string of the molecule is CC1CCCN(C(CN)c2cccc(OCCCN(C)C)c2)C1. The van der Waals surface area contributed by atoms with Crippen LogP contribution in [-0.4, -0.2) is 56.7 Å². The molecule has 2 N–H and O–H groups in total. The molecule has 2 rings (SSSR count). The summed E-state index contributed by atoms with van der Waals surface area (Å²) in [6.45, 7) is 7.11. The maximum atomic E-state index is 6.10. The van der Waals surface area contributed by atoms with Gasteiger partial charge < -0.3 is 15.4 Å². The van der Waals surface area contributed by atoms with Gasteiger partial charge in [0, 0.05) is 25.7 Å². The van der Waals surface area contributed by atoms with Crippen molar-refractivity contribution in [3.8, 4) is 5.75 Å². The highest BCUT2D eigenvalue weighted by atomic mass is 16.5. The molecule has 0 bridgehead atoms. The maximum absolute atomic E-state index is 6.10. The fourth-order valence-corrected chi connectivity index (χ4v) is 3.39. The lowest BCUT2D eigenvalue weighted by Gasteiger charge is -2.37. The number of hydrogen-bond acceptors (Lipinski definition) is 4. The fraction of sp³-hybridized carbons (Fsp3) is 0.684. The molecule has 1 fully saturated rings. The molecule has 1 aliphatic rings. The predicted octanol–water partition coefficient (Wildman–Crippen LogP) is 2.75. The predicted molar refractivity (Wildman–Crippen MR) is 96.9 cm³/mol. The summed E-state index contributed by atoms with van der Waals surface area (Å²) in [7, 11) is 4.18. The number of benzene rings is 1. The third kappa shape index (κ3) is 5.79. The van der Waals surface area contributed by atoms with Crippen molar-refractivity contribution in [3.63, 3.8) is 0 Å². The van der Waals surface area contributed by atoms with E-state index in [2.05, 4.69) is 49.0 Å². The largest absolute Gasteiger partial charge is 0.494 e. The molecule has 0 spiro atoms. The van der Waals surface area contributed by atoms with Crippen LogP contribution in [-0.2, 0) is 0 Å². The zero-order chi connectivity index (χ0) is 16.7. The lowest BCUT2D eigenvalue weighted by Crippen LogP contribution is -2.40. The van der Waals surface area contributed by atoms with Crippen LogP contribution in [0.3, 0.4) is 0 Å². The van der Waals surface area contributed by atoms with E-state index in [1.165, 1.54) is 18.4 Å². The average molecular weight is 319 g/mol. The van der Waals surface area contributed by atoms with Crippen LogP contribution in [0.25, 0.3) is 0 Å². The second kappa shape index (κ2) is 9.26. The second-order valence-corrected chi connectivity index (χ2v) is 7.07. The molecule has 0 saturated carbocycles. The monoisotopic (exact) mass is 319 g/mol. The molecule has 4 heteroatoms. The van der Waals surface area contributed by atoms with E-state index < -0.39 is 0 Å². The molecule has 0 aromatic heterocycles. The molecule has 4 nitrogen and oxygen atoms in total. The molecule has 2 unspecified atom stereocenters. The van der Waals surface area contributed by atoms with Gasteiger partial charge in [-0.15, -0.1) is 0 Å². The Balaban J connectivity index is 1.96. The molecule has 1 aliphatic heterocycles. The van der Waals surface area contributed by atoms with Crippen LogP contribution in [0, 0.1) is 5.92 Å². The van der Waals surface area contributed by atoms with Crippen molar-refractivity contribution in [1.29, 1.82) is 0 Å². The first-order valence-electron chi connectivity index (χ1n) is 8.91. The van der Waals surface area contributed by atoms with Crippen LogP contribution in [0.4, 0.5) is 0 Å². The number of piperidine rings is 1. The summed E-state index contributed by atoms with van der Waals surface area (Å²) in [5, 5.41) is 0. The van der Waals surface area contributed by atoms with Gasteiger partial charge >= 0.3 is 0 Å². The first-order valence-corrected chi connectivity index (χ1v) is 8.91. The van der Waals surface area contributed by atoms with E-state index >= 15 is 0 Å². The molecule has 1 saturated heterocycles. The van der Waals surface area contributed by atoms with E-state index in [4.69, 9.17) is 10.5 Å². The van der Waals surface area contributed by atoms with Gasteiger partial charge in [-0.25, -0.2) is 0 Å². The van der Waals surface area contributed by atoms with Gasteiger partial charge in [0.25, 0.3) is 0 Å². The van der Waals surface area contributed by atoms with Crippen molar-refractivity contribution >= 4 is 0 Å². The molecule has 1 aromatic rings. The normalized spacial score (nSPS) is 20.7. The number of nitrogens with two attached hydrogens (primary N) is 1. The Bertz CT molecular complexity index is 464. The van der Waals surface area contributed by atoms with E-state index in [-0.39, 0.29) is 0 Å². The molecule has 130 valence electrons. The van der Waals surface area contributed by atoms with Gasteiger partial charge in [0.1, 0.15) is 5.75 Å². The third-order valence-corrected chi connectivity index (χ3v) is 4.61. The Morgan fingerprint density at radius 2 is 2.22 bits per heavy atom. The van der Waals surface area contributed by atoms with Crippen molar-refractivity contribution in [2.45, 2.75) is 32.2 Å². The summed E-state index contributed by atoms with van der Waals surface area (Å²) < 4.78 is 5.91. The second-order valence-electron chi connectivity index (χ2n) is 7.07. The van der Waals surface area contributed by atoms with Gasteiger partial charge in [-0.05, 0) is 63.5 Å². The highest BCUT2D eigenvalue weighted by Gasteiger charge is 2.24. The summed E-state index contributed by atoms with van der Waals surface area (Å²) in [6.07, 6.45) is 3.66. The van der Waals surface area contributed by atoms with Crippen molar-refractivity contribution in [3.05, 3.63) is 29.8 Å². The van der Waals surface area contributed by atoms with E-state index in [1.54, 1.807) is 0 Å². The minimum Gasteiger partial charge on any atom is -0.494 e. The van der Waals surface area contributed by atoms with Gasteiger partial charge in [0.15, 0.2) is 0 Å². The highest BCUT2D eigenvalue weighted by molar-refractivity contribution is 5.31. The summed E-state index contributed by atoms with van der Waals surface area (Å²) >= 11 is 0. The molecule has 23 heavy (non-hydrogen) atoms. The summed E-state index contributed by atoms with van der Waals surface area (Å²) in [5.41, 5.74) is 7.38. The number of likely N-dealkylation sites (tertiary alicyclic amines) is 1. The van der Waals surface area contributed by atoms with Crippen molar-refractivity contribution < 1.29 is 4.74 Å². The zero-order valence-electron chi connectivity index (χ0n) is 15.0. The van der Waals surface area contributed by atoms with Gasteiger partial charge in [-0.3, -0.25) is 4.90 Å². The molecule has 1 aromatic carbocycles. The van der Waals surface area contributed by atoms with Crippen LogP contribution in [0.5, 0.6) is 5.75 Å². The third-order valence-electron chi connectivity index (χ3n) is 4.61. The van der Waals surface area contributed by atoms with Crippen molar-refractivity contribution in [2.75, 3.05) is 46.9 Å². The Labute approximate surface area is 141 Å². The Morgan fingerprint density at radius 3 is 2.91 bits per heavy atom. The van der Waals surface area contributed by atoms with E-state index in [1.807, 2.05) is 6.07 Å². The number of rotatable bonds is 8. The number of ether oxygens (including phenoxy) is 1. The van der Waals surface area contributed by atoms with Gasteiger partial charge in [0.2, 0.25) is 0 Å². The van der Waals surface area contributed by atoms with E-state index in [0.29, 0.717) is 12.6 Å². The quantitative estimate of drug-likeness (QED) is 0.748. The minimum absolute atomic E-state index is 0.308. The smallest absolute Gasteiger partial charge is 0.119 e. The molecule has 0 amide bonds. The number of hydrogen-bond donors (Lipinski definition) is 1. The van der Waals surface area contributed by atoms with Gasteiger partial charge in [-0.2, -0.15) is 0 Å². The van der Waals surface area contributed by atoms with Gasteiger partial charge in [0.05, 0.1) is 6.61 Å². The summed E-state index contributed by atoms with van der Waals surface area (Å²) in [5.74, 6) is 1.73. The zero-order valence-corrected chi connectivity index (χ0v) is 15.0. The highest BCUT2D eigenvalue weighted by Crippen LogP contribution is 2.28. The van der Waals surface area contributed by atoms with E-state index in [9.17, 15) is 0 Å². The molecule has 0 aliphatic carbocycles. The topological polar surface area (TPSA) is 41.7 Å². The molecule has 1 heterocycles. The Hall–Kier alpha value is -1.10. The molecule has 0 radical (unpaired) electrons. The lowest BCUT2D eigenvalue weighted by molar-refractivity contribution is 0.133. The Kier molecular flexibility index (Phi) is 7.34. The number of nitrogens with zero attached hydrogens (tertiary/aromatic N) is 2. The minimum atomic E-state index is 0.308.